The van der Waals surface area contributed by atoms with Crippen LogP contribution in [0.1, 0.15) is 22.8 Å². The third-order valence-corrected chi connectivity index (χ3v) is 4.03. The topological polar surface area (TPSA) is 61.4 Å². The Morgan fingerprint density at radius 2 is 2.00 bits per heavy atom. The second-order valence-electron chi connectivity index (χ2n) is 5.00. The van der Waals surface area contributed by atoms with Crippen molar-refractivity contribution in [3.05, 3.63) is 51.7 Å². The number of benzene rings is 1. The number of thiophene rings is 1. The van der Waals surface area contributed by atoms with Crippen molar-refractivity contribution >= 4 is 22.9 Å². The molecule has 112 valence electrons. The Bertz CT molecular complexity index is 576. The van der Waals surface area contributed by atoms with E-state index in [9.17, 15) is 9.90 Å². The fourth-order valence-electron chi connectivity index (χ4n) is 2.12. The van der Waals surface area contributed by atoms with Gasteiger partial charge in [0.1, 0.15) is 0 Å². The van der Waals surface area contributed by atoms with Gasteiger partial charge in [0.05, 0.1) is 12.6 Å². The highest BCUT2D eigenvalue weighted by Crippen LogP contribution is 2.19. The first-order valence-electron chi connectivity index (χ1n) is 6.85. The van der Waals surface area contributed by atoms with E-state index < -0.39 is 6.10 Å². The third-order valence-electron chi connectivity index (χ3n) is 3.33. The van der Waals surface area contributed by atoms with Crippen LogP contribution in [0.5, 0.6) is 0 Å². The lowest BCUT2D eigenvalue weighted by Gasteiger charge is -2.14. The molecule has 21 heavy (non-hydrogen) atoms. The van der Waals surface area contributed by atoms with Crippen molar-refractivity contribution in [1.29, 1.82) is 0 Å². The number of anilines is 1. The number of hydrogen-bond donors (Lipinski definition) is 3. The quantitative estimate of drug-likeness (QED) is 0.769. The van der Waals surface area contributed by atoms with Gasteiger partial charge in [-0.05, 0) is 47.4 Å². The molecule has 3 N–H and O–H groups in total. The third kappa shape index (κ3) is 4.31. The van der Waals surface area contributed by atoms with Crippen LogP contribution in [0, 0.1) is 13.8 Å². The van der Waals surface area contributed by atoms with Gasteiger partial charge in [0.15, 0.2) is 0 Å². The molecule has 5 heteroatoms. The average Bonchev–Trinajstić information content (AvgIpc) is 2.98. The molecule has 4 nitrogen and oxygen atoms in total. The van der Waals surface area contributed by atoms with Crippen LogP contribution in [0.15, 0.2) is 35.0 Å². The van der Waals surface area contributed by atoms with E-state index in [1.807, 2.05) is 48.9 Å². The van der Waals surface area contributed by atoms with Gasteiger partial charge < -0.3 is 15.7 Å². The van der Waals surface area contributed by atoms with E-state index in [-0.39, 0.29) is 19.0 Å². The Morgan fingerprint density at radius 3 is 2.62 bits per heavy atom. The maximum Gasteiger partial charge on any atom is 0.239 e. The monoisotopic (exact) mass is 304 g/mol. The van der Waals surface area contributed by atoms with Gasteiger partial charge in [0.25, 0.3) is 0 Å². The normalized spacial score (nSPS) is 12.0. The molecule has 1 heterocycles. The summed E-state index contributed by atoms with van der Waals surface area (Å²) in [6.45, 7) is 4.44. The summed E-state index contributed by atoms with van der Waals surface area (Å²) >= 11 is 1.53. The first-order valence-corrected chi connectivity index (χ1v) is 7.79. The minimum absolute atomic E-state index is 0.132. The van der Waals surface area contributed by atoms with Crippen molar-refractivity contribution in [1.82, 2.24) is 5.32 Å². The van der Waals surface area contributed by atoms with Crippen LogP contribution >= 0.6 is 11.3 Å². The summed E-state index contributed by atoms with van der Waals surface area (Å²) in [6, 6.07) is 7.87. The van der Waals surface area contributed by atoms with Crippen molar-refractivity contribution < 1.29 is 9.90 Å². The fraction of sp³-hybridized carbons (Fsp3) is 0.312. The summed E-state index contributed by atoms with van der Waals surface area (Å²) in [5.41, 5.74) is 4.05. The number of amides is 1. The van der Waals surface area contributed by atoms with Gasteiger partial charge in [-0.3, -0.25) is 4.79 Å². The summed E-state index contributed by atoms with van der Waals surface area (Å²) in [5.74, 6) is -0.132. The van der Waals surface area contributed by atoms with Crippen LogP contribution in [-0.2, 0) is 4.79 Å². The maximum atomic E-state index is 11.8. The summed E-state index contributed by atoms with van der Waals surface area (Å²) in [4.78, 5) is 11.8. The van der Waals surface area contributed by atoms with E-state index in [4.69, 9.17) is 0 Å². The predicted octanol–water partition coefficient (Wildman–Crippen LogP) is 2.63. The molecule has 0 unspecified atom stereocenters. The number of nitrogens with one attached hydrogen (secondary N) is 2. The predicted molar refractivity (Wildman–Crippen MR) is 86.7 cm³/mol. The minimum Gasteiger partial charge on any atom is -0.387 e. The van der Waals surface area contributed by atoms with E-state index in [0.29, 0.717) is 0 Å². The lowest BCUT2D eigenvalue weighted by Crippen LogP contribution is -2.33. The van der Waals surface area contributed by atoms with Crippen molar-refractivity contribution in [2.75, 3.05) is 18.4 Å². The van der Waals surface area contributed by atoms with Gasteiger partial charge in [0.2, 0.25) is 5.91 Å². The summed E-state index contributed by atoms with van der Waals surface area (Å²) in [5, 5.41) is 19.6. The van der Waals surface area contributed by atoms with E-state index in [1.54, 1.807) is 0 Å². The minimum atomic E-state index is -0.652. The molecule has 1 amide bonds. The zero-order valence-corrected chi connectivity index (χ0v) is 13.0. The van der Waals surface area contributed by atoms with Gasteiger partial charge >= 0.3 is 0 Å². The molecule has 0 aliphatic rings. The number of aryl methyl sites for hydroxylation is 2. The van der Waals surface area contributed by atoms with Crippen LogP contribution in [0.3, 0.4) is 0 Å². The van der Waals surface area contributed by atoms with Crippen LogP contribution in [0.25, 0.3) is 0 Å². The van der Waals surface area contributed by atoms with Crippen LogP contribution in [-0.4, -0.2) is 24.1 Å². The van der Waals surface area contributed by atoms with Gasteiger partial charge in [-0.25, -0.2) is 0 Å². The fourth-order valence-corrected chi connectivity index (χ4v) is 2.82. The molecule has 0 bridgehead atoms. The number of hydrogen-bond acceptors (Lipinski definition) is 4. The van der Waals surface area contributed by atoms with Crippen molar-refractivity contribution in [3.63, 3.8) is 0 Å². The lowest BCUT2D eigenvalue weighted by atomic mass is 10.1. The highest BCUT2D eigenvalue weighted by molar-refractivity contribution is 7.07. The molecule has 0 fully saturated rings. The molecule has 0 saturated heterocycles. The number of carbonyl (C=O) groups is 1. The highest BCUT2D eigenvalue weighted by Gasteiger charge is 2.10. The molecule has 0 radical (unpaired) electrons. The molecular weight excluding hydrogens is 284 g/mol. The van der Waals surface area contributed by atoms with Crippen molar-refractivity contribution in [2.24, 2.45) is 0 Å². The maximum absolute atomic E-state index is 11.8. The second kappa shape index (κ2) is 7.24. The van der Waals surface area contributed by atoms with Gasteiger partial charge in [-0.1, -0.05) is 18.2 Å². The molecule has 0 aliphatic carbocycles. The Labute approximate surface area is 128 Å². The second-order valence-corrected chi connectivity index (χ2v) is 5.78. The van der Waals surface area contributed by atoms with Gasteiger partial charge in [-0.15, -0.1) is 0 Å². The van der Waals surface area contributed by atoms with E-state index >= 15 is 0 Å². The number of aliphatic hydroxyl groups is 1. The summed E-state index contributed by atoms with van der Waals surface area (Å²) in [7, 11) is 0. The Kier molecular flexibility index (Phi) is 5.36. The highest BCUT2D eigenvalue weighted by atomic mass is 32.1. The zero-order valence-electron chi connectivity index (χ0n) is 12.2. The average molecular weight is 304 g/mol. The Hall–Kier alpha value is -1.85. The molecule has 1 aromatic heterocycles. The lowest BCUT2D eigenvalue weighted by molar-refractivity contribution is -0.119. The number of carbonyl (C=O) groups excluding carboxylic acids is 1. The molecule has 0 saturated carbocycles. The van der Waals surface area contributed by atoms with E-state index in [2.05, 4.69) is 10.6 Å². The Balaban J connectivity index is 1.80. The summed E-state index contributed by atoms with van der Waals surface area (Å²) < 4.78 is 0. The van der Waals surface area contributed by atoms with Gasteiger partial charge in [0, 0.05) is 12.2 Å². The van der Waals surface area contributed by atoms with Crippen LogP contribution in [0.2, 0.25) is 0 Å². The number of aliphatic hydroxyl groups excluding tert-OH is 1. The van der Waals surface area contributed by atoms with E-state index in [1.165, 1.54) is 11.3 Å². The molecule has 2 aromatic rings. The smallest absolute Gasteiger partial charge is 0.239 e. The van der Waals surface area contributed by atoms with Gasteiger partial charge in [-0.2, -0.15) is 11.3 Å². The number of para-hydroxylation sites is 1. The first kappa shape index (κ1) is 15.5. The molecule has 1 atom stereocenters. The Morgan fingerprint density at radius 1 is 1.29 bits per heavy atom. The zero-order chi connectivity index (χ0) is 15.2. The molecule has 2 rings (SSSR count). The first-order chi connectivity index (χ1) is 10.1. The standard InChI is InChI=1S/C16H20N2O2S/c1-11-4-3-5-12(2)16(11)18-9-15(20)17-8-14(19)13-6-7-21-10-13/h3-7,10,14,18-19H,8-9H2,1-2H3,(H,17,20)/t14-/m1/s1. The SMILES string of the molecule is Cc1cccc(C)c1NCC(=O)NC[C@@H](O)c1ccsc1. The van der Waals surface area contributed by atoms with E-state index in [0.717, 1.165) is 22.4 Å². The van der Waals surface area contributed by atoms with Crippen LogP contribution in [0.4, 0.5) is 5.69 Å². The largest absolute Gasteiger partial charge is 0.387 e. The molecule has 0 aliphatic heterocycles. The van der Waals surface area contributed by atoms with Crippen molar-refractivity contribution in [2.45, 2.75) is 20.0 Å². The number of rotatable bonds is 6. The van der Waals surface area contributed by atoms with Crippen molar-refractivity contribution in [3.8, 4) is 0 Å². The molecular formula is C16H20N2O2S. The summed E-state index contributed by atoms with van der Waals surface area (Å²) in [6.07, 6.45) is -0.652. The molecule has 0 spiro atoms. The van der Waals surface area contributed by atoms with Crippen LogP contribution < -0.4 is 10.6 Å². The molecule has 1 aromatic carbocycles.